The maximum Gasteiger partial charge on any atom is 0.148 e. The summed E-state index contributed by atoms with van der Waals surface area (Å²) in [5.41, 5.74) is 1.07. The molecule has 3 aromatic rings. The van der Waals surface area contributed by atoms with Crippen LogP contribution in [0, 0.1) is 0 Å². The molecule has 3 nitrogen and oxygen atoms in total. The van der Waals surface area contributed by atoms with E-state index in [1.807, 2.05) is 6.07 Å². The molecule has 0 unspecified atom stereocenters. The van der Waals surface area contributed by atoms with Gasteiger partial charge in [0.05, 0.1) is 10.6 Å². The van der Waals surface area contributed by atoms with Crippen LogP contribution in [0.1, 0.15) is 6.92 Å². The van der Waals surface area contributed by atoms with Gasteiger partial charge in [-0.25, -0.2) is 0 Å². The summed E-state index contributed by atoms with van der Waals surface area (Å²) in [7, 11) is 0. The molecular weight excluding hydrogens is 230 g/mol. The van der Waals surface area contributed by atoms with Crippen LogP contribution in [0.4, 0.5) is 5.82 Å². The number of H-pyrrole nitrogens is 1. The van der Waals surface area contributed by atoms with E-state index in [1.54, 1.807) is 11.3 Å². The molecule has 2 aromatic heterocycles. The molecule has 2 N–H and O–H groups in total. The van der Waals surface area contributed by atoms with Gasteiger partial charge < -0.3 is 5.32 Å². The topological polar surface area (TPSA) is 40.7 Å². The number of nitrogens with zero attached hydrogens (tertiary/aromatic N) is 1. The summed E-state index contributed by atoms with van der Waals surface area (Å²) in [6.45, 7) is 2.95. The van der Waals surface area contributed by atoms with Crippen molar-refractivity contribution in [2.24, 2.45) is 0 Å². The van der Waals surface area contributed by atoms with E-state index in [2.05, 4.69) is 52.8 Å². The highest BCUT2D eigenvalue weighted by molar-refractivity contribution is 7.22. The Balaban J connectivity index is 2.01. The van der Waals surface area contributed by atoms with Gasteiger partial charge in [-0.1, -0.05) is 18.2 Å². The molecule has 3 rings (SSSR count). The summed E-state index contributed by atoms with van der Waals surface area (Å²) in [6, 6.07) is 12.7. The van der Waals surface area contributed by atoms with E-state index < -0.39 is 0 Å². The zero-order valence-corrected chi connectivity index (χ0v) is 10.3. The minimum Gasteiger partial charge on any atom is -0.369 e. The summed E-state index contributed by atoms with van der Waals surface area (Å²) in [5.74, 6) is 0.903. The summed E-state index contributed by atoms with van der Waals surface area (Å²) in [5, 5.41) is 11.8. The smallest absolute Gasteiger partial charge is 0.148 e. The molecule has 0 fully saturated rings. The van der Waals surface area contributed by atoms with Crippen molar-refractivity contribution < 1.29 is 0 Å². The third kappa shape index (κ3) is 1.91. The number of fused-ring (bicyclic) bond motifs is 1. The Bertz CT molecular complexity index is 606. The van der Waals surface area contributed by atoms with Gasteiger partial charge in [0.1, 0.15) is 5.82 Å². The van der Waals surface area contributed by atoms with Crippen LogP contribution in [0.5, 0.6) is 0 Å². The molecule has 0 atom stereocenters. The molecule has 0 aliphatic carbocycles. The molecule has 86 valence electrons. The Kier molecular flexibility index (Phi) is 2.57. The third-order valence-electron chi connectivity index (χ3n) is 2.63. The van der Waals surface area contributed by atoms with Gasteiger partial charge in [-0.2, -0.15) is 5.10 Å². The van der Waals surface area contributed by atoms with Gasteiger partial charge in [-0.15, -0.1) is 11.3 Å². The monoisotopic (exact) mass is 243 g/mol. The first kappa shape index (κ1) is 10.4. The summed E-state index contributed by atoms with van der Waals surface area (Å²) in [6.07, 6.45) is 0. The van der Waals surface area contributed by atoms with Gasteiger partial charge in [0, 0.05) is 17.3 Å². The van der Waals surface area contributed by atoms with Gasteiger partial charge in [-0.05, 0) is 24.4 Å². The highest BCUT2D eigenvalue weighted by Gasteiger charge is 2.06. The Morgan fingerprint density at radius 3 is 3.00 bits per heavy atom. The van der Waals surface area contributed by atoms with Crippen molar-refractivity contribution in [1.82, 2.24) is 10.2 Å². The first-order valence-corrected chi connectivity index (χ1v) is 6.46. The first-order valence-electron chi connectivity index (χ1n) is 5.65. The fourth-order valence-corrected chi connectivity index (χ4v) is 2.86. The Morgan fingerprint density at radius 1 is 1.29 bits per heavy atom. The minimum atomic E-state index is 0.886. The number of hydrogen-bond acceptors (Lipinski definition) is 3. The van der Waals surface area contributed by atoms with Gasteiger partial charge in [-0.3, -0.25) is 5.10 Å². The number of aromatic amines is 1. The largest absolute Gasteiger partial charge is 0.369 e. The van der Waals surface area contributed by atoms with Crippen LogP contribution < -0.4 is 5.32 Å². The van der Waals surface area contributed by atoms with Crippen molar-refractivity contribution in [3.63, 3.8) is 0 Å². The summed E-state index contributed by atoms with van der Waals surface area (Å²) >= 11 is 1.78. The molecule has 0 saturated carbocycles. The van der Waals surface area contributed by atoms with Crippen molar-refractivity contribution >= 4 is 27.2 Å². The molecule has 0 bridgehead atoms. The Labute approximate surface area is 103 Å². The van der Waals surface area contributed by atoms with Gasteiger partial charge in [0.2, 0.25) is 0 Å². The number of rotatable bonds is 3. The molecular formula is C13H13N3S. The molecule has 2 heterocycles. The lowest BCUT2D eigenvalue weighted by atomic mass is 10.2. The normalized spacial score (nSPS) is 10.9. The number of benzene rings is 1. The van der Waals surface area contributed by atoms with Crippen LogP contribution in [0.3, 0.4) is 0 Å². The van der Waals surface area contributed by atoms with E-state index in [9.17, 15) is 0 Å². The van der Waals surface area contributed by atoms with Crippen LogP contribution >= 0.6 is 11.3 Å². The maximum atomic E-state index is 4.22. The molecule has 17 heavy (non-hydrogen) atoms. The van der Waals surface area contributed by atoms with E-state index in [0.717, 1.165) is 18.1 Å². The predicted octanol–water partition coefficient (Wildman–Crippen LogP) is 3.72. The maximum absolute atomic E-state index is 4.22. The van der Waals surface area contributed by atoms with Gasteiger partial charge in [0.15, 0.2) is 0 Å². The molecule has 4 heteroatoms. The number of nitrogens with one attached hydrogen (secondary N) is 2. The number of thiophene rings is 1. The van der Waals surface area contributed by atoms with E-state index in [4.69, 9.17) is 0 Å². The first-order chi connectivity index (χ1) is 8.36. The Hall–Kier alpha value is -1.81. The third-order valence-corrected chi connectivity index (χ3v) is 3.78. The lowest BCUT2D eigenvalue weighted by Gasteiger charge is -1.92. The lowest BCUT2D eigenvalue weighted by molar-refractivity contribution is 1.07. The zero-order chi connectivity index (χ0) is 11.7. The second-order valence-electron chi connectivity index (χ2n) is 3.85. The van der Waals surface area contributed by atoms with Crippen molar-refractivity contribution in [2.45, 2.75) is 6.92 Å². The van der Waals surface area contributed by atoms with E-state index >= 15 is 0 Å². The van der Waals surface area contributed by atoms with Gasteiger partial charge >= 0.3 is 0 Å². The van der Waals surface area contributed by atoms with E-state index in [-0.39, 0.29) is 0 Å². The van der Waals surface area contributed by atoms with Crippen LogP contribution in [0.15, 0.2) is 36.4 Å². The van der Waals surface area contributed by atoms with Crippen molar-refractivity contribution in [3.05, 3.63) is 36.4 Å². The number of anilines is 1. The molecule has 0 radical (unpaired) electrons. The van der Waals surface area contributed by atoms with Gasteiger partial charge in [0.25, 0.3) is 0 Å². The number of hydrogen-bond donors (Lipinski definition) is 2. The average molecular weight is 243 g/mol. The van der Waals surface area contributed by atoms with Crippen LogP contribution in [-0.2, 0) is 0 Å². The highest BCUT2D eigenvalue weighted by atomic mass is 32.1. The molecule has 0 aliphatic heterocycles. The van der Waals surface area contributed by atoms with Crippen LogP contribution in [-0.4, -0.2) is 16.7 Å². The Morgan fingerprint density at radius 2 is 2.18 bits per heavy atom. The molecule has 0 aliphatic rings. The summed E-state index contributed by atoms with van der Waals surface area (Å²) in [4.78, 5) is 1.22. The van der Waals surface area contributed by atoms with Crippen LogP contribution in [0.2, 0.25) is 0 Å². The van der Waals surface area contributed by atoms with Crippen molar-refractivity contribution in [1.29, 1.82) is 0 Å². The molecule has 0 saturated heterocycles. The molecule has 0 amide bonds. The highest BCUT2D eigenvalue weighted by Crippen LogP contribution is 2.32. The SMILES string of the molecule is CCNc1cc(-c2cc3ccccc3s2)[nH]n1. The fourth-order valence-electron chi connectivity index (χ4n) is 1.83. The fraction of sp³-hybridized carbons (Fsp3) is 0.154. The minimum absolute atomic E-state index is 0.886. The zero-order valence-electron chi connectivity index (χ0n) is 9.53. The standard InChI is InChI=1S/C13H13N3S/c1-2-14-13-8-10(15-16-13)12-7-9-5-3-4-6-11(9)17-12/h3-8H,2H2,1H3,(H2,14,15,16). The second kappa shape index (κ2) is 4.22. The molecule has 0 spiro atoms. The summed E-state index contributed by atoms with van der Waals surface area (Å²) < 4.78 is 1.31. The lowest BCUT2D eigenvalue weighted by Crippen LogP contribution is -1.95. The van der Waals surface area contributed by atoms with Crippen molar-refractivity contribution in [3.8, 4) is 10.6 Å². The average Bonchev–Trinajstić information content (AvgIpc) is 2.94. The van der Waals surface area contributed by atoms with E-state index in [1.165, 1.54) is 15.0 Å². The number of aromatic nitrogens is 2. The quantitative estimate of drug-likeness (QED) is 0.736. The van der Waals surface area contributed by atoms with Crippen LogP contribution in [0.25, 0.3) is 20.7 Å². The second-order valence-corrected chi connectivity index (χ2v) is 4.93. The predicted molar refractivity (Wildman–Crippen MR) is 73.6 cm³/mol. The van der Waals surface area contributed by atoms with Crippen molar-refractivity contribution in [2.75, 3.05) is 11.9 Å². The van der Waals surface area contributed by atoms with E-state index in [0.29, 0.717) is 0 Å². The molecule has 1 aromatic carbocycles.